The molecule has 15 heteroatoms. The molecule has 0 amide bonds. The summed E-state index contributed by atoms with van der Waals surface area (Å²) in [6.45, 7) is 15.2. The smallest absolute Gasteiger partial charge is 0.167 e. The number of halogens is 10. The molecule has 0 saturated heterocycles. The van der Waals surface area contributed by atoms with Crippen molar-refractivity contribution in [1.29, 1.82) is 0 Å². The van der Waals surface area contributed by atoms with Crippen LogP contribution < -0.4 is 0 Å². The number of rotatable bonds is 9. The van der Waals surface area contributed by atoms with Gasteiger partial charge in [-0.3, -0.25) is 17.6 Å². The molecule has 5 radical (unpaired) electrons. The van der Waals surface area contributed by atoms with Gasteiger partial charge in [-0.05, 0) is 191 Å². The van der Waals surface area contributed by atoms with Crippen LogP contribution in [0, 0.1) is 157 Å². The van der Waals surface area contributed by atoms with Crippen molar-refractivity contribution in [1.82, 2.24) is 0 Å². The predicted molar refractivity (Wildman–Crippen MR) is 417 cm³/mol. The largest absolute Gasteiger partial charge is 0.328 e. The minimum Gasteiger partial charge on any atom is -0.328 e. The Kier molecular flexibility index (Phi) is 45.5. The van der Waals surface area contributed by atoms with Crippen molar-refractivity contribution < 1.29 is 207 Å². The fraction of sp³-hybridized carbons (Fsp3) is 0.433. The Hall–Kier alpha value is -2.20. The van der Waals surface area contributed by atoms with Crippen LogP contribution in [0.15, 0.2) is 158 Å². The minimum absolute atomic E-state index is 0. The van der Waals surface area contributed by atoms with Crippen molar-refractivity contribution in [3.8, 4) is 44.5 Å². The van der Waals surface area contributed by atoms with Crippen molar-refractivity contribution in [2.24, 2.45) is 47.3 Å². The summed E-state index contributed by atoms with van der Waals surface area (Å²) in [5.74, 6) is 0.217. The molecule has 0 atom stereocenters. The molecule has 0 aliphatic heterocycles. The van der Waals surface area contributed by atoms with Gasteiger partial charge >= 0.3 is 0 Å². The van der Waals surface area contributed by atoms with Gasteiger partial charge in [0.25, 0.3) is 0 Å². The van der Waals surface area contributed by atoms with Crippen molar-refractivity contribution in [3.63, 3.8) is 0 Å². The molecule has 6 saturated carbocycles. The maximum absolute atomic E-state index is 14.4. The molecule has 9 aromatic carbocycles. The summed E-state index contributed by atoms with van der Waals surface area (Å²) in [6, 6.07) is 54.4. The summed E-state index contributed by atoms with van der Waals surface area (Å²) in [6.07, 6.45) is 33.4. The molecule has 0 unspecified atom stereocenters. The molecule has 9 aromatic rings. The van der Waals surface area contributed by atoms with Crippen LogP contribution in [-0.2, 0) is 164 Å². The van der Waals surface area contributed by atoms with Gasteiger partial charge in [-0.1, -0.05) is 229 Å². The van der Waals surface area contributed by atoms with E-state index in [9.17, 15) is 43.9 Å². The van der Waals surface area contributed by atoms with Crippen LogP contribution in [-0.4, -0.2) is 0 Å². The second kappa shape index (κ2) is 50.8. The van der Waals surface area contributed by atoms with E-state index >= 15 is 0 Å². The van der Waals surface area contributed by atoms with Crippen LogP contribution in [0.5, 0.6) is 0 Å². The summed E-state index contributed by atoms with van der Waals surface area (Å²) < 4.78 is 136. The van der Waals surface area contributed by atoms with Gasteiger partial charge < -0.3 is 6.42 Å². The van der Waals surface area contributed by atoms with E-state index in [1.165, 1.54) is 151 Å². The molecule has 15 rings (SSSR count). The molecule has 6 fully saturated rings. The van der Waals surface area contributed by atoms with Crippen LogP contribution in [0.3, 0.4) is 0 Å². The van der Waals surface area contributed by atoms with Crippen LogP contribution in [0.2, 0.25) is 0 Å². The van der Waals surface area contributed by atoms with Crippen LogP contribution in [0.1, 0.15) is 233 Å². The minimum atomic E-state index is -0.937. The van der Waals surface area contributed by atoms with Crippen LogP contribution >= 0.6 is 0 Å². The first-order chi connectivity index (χ1) is 51.6. The van der Waals surface area contributed by atoms with E-state index in [-0.39, 0.29) is 192 Å². The van der Waals surface area contributed by atoms with E-state index in [0.717, 1.165) is 103 Å². The van der Waals surface area contributed by atoms with Gasteiger partial charge in [-0.15, -0.1) is 35.4 Å². The third kappa shape index (κ3) is 29.3. The number of benzene rings is 9. The molecule has 0 heterocycles. The first kappa shape index (κ1) is 100. The number of hydrogen-bond donors (Lipinski definition) is 0. The molecule has 0 spiro atoms. The van der Waals surface area contributed by atoms with E-state index in [1.807, 2.05) is 69.3 Å². The summed E-state index contributed by atoms with van der Waals surface area (Å²) in [5, 5.41) is 0. The van der Waals surface area contributed by atoms with Crippen molar-refractivity contribution >= 4 is 0 Å². The van der Waals surface area contributed by atoms with E-state index in [4.69, 9.17) is 0 Å². The average Bonchev–Trinajstić information content (AvgIpc) is 0.799. The first-order valence-electron chi connectivity index (χ1n) is 39.6. The summed E-state index contributed by atoms with van der Waals surface area (Å²) in [7, 11) is 0. The quantitative estimate of drug-likeness (QED) is 0.0998. The Balaban J connectivity index is 0.000000240. The molecule has 585 valence electrons. The van der Waals surface area contributed by atoms with Gasteiger partial charge in [0, 0.05) is 210 Å². The third-order valence-electron chi connectivity index (χ3n) is 24.1. The predicted octanol–water partition coefficient (Wildman–Crippen LogP) is 29.5. The first-order valence-corrected chi connectivity index (χ1v) is 39.6. The van der Waals surface area contributed by atoms with E-state index in [1.54, 1.807) is 66.7 Å². The zero-order valence-electron chi connectivity index (χ0n) is 66.6. The van der Waals surface area contributed by atoms with Crippen molar-refractivity contribution in [2.75, 3.05) is 0 Å². The zero-order chi connectivity index (χ0) is 76.1. The summed E-state index contributed by atoms with van der Waals surface area (Å²) in [5.41, 5.74) is 9.57. The Morgan fingerprint density at radius 2 is 0.491 bits per heavy atom. The summed E-state index contributed by atoms with van der Waals surface area (Å²) in [4.78, 5) is 0. The second-order valence-electron chi connectivity index (χ2n) is 31.9. The van der Waals surface area contributed by atoms with Gasteiger partial charge in [-0.2, -0.15) is 61.4 Å². The Morgan fingerprint density at radius 1 is 0.250 bits per heavy atom. The van der Waals surface area contributed by atoms with Crippen molar-refractivity contribution in [2.45, 2.75) is 220 Å². The van der Waals surface area contributed by atoms with Crippen LogP contribution in [0.25, 0.3) is 44.5 Å². The molecule has 0 N–H and O–H groups in total. The maximum atomic E-state index is 14.4. The topological polar surface area (TPSA) is 0 Å². The Labute approximate surface area is 789 Å². The van der Waals surface area contributed by atoms with Crippen LogP contribution in [0.4, 0.5) is 43.9 Å². The summed E-state index contributed by atoms with van der Waals surface area (Å²) >= 11 is 0. The SMILES string of the molecule is CC1CCC(C2CCC(c3cc[c-]c(F)c3F)CC2)CC1.CC1CCC(C2CC[CH-]CC2)CC1.CC1CCC(c2cc[c-]c(F)c2F)CC1.CC1CCC(c2ccc(-c3cc[c-]c(F)c3F)cc2)CC1.Cc1ccc(-c2cc[c-]c(F)c2F)cc1.Cc1ccc(-c2ccc(-c3ccc(C)cc3)c(F)c2F)cc1.[Y].[Y].[Y].[Y].[Y]. The molecule has 112 heavy (non-hydrogen) atoms. The second-order valence-corrected chi connectivity index (χ2v) is 31.9. The van der Waals surface area contributed by atoms with Gasteiger partial charge in [0.15, 0.2) is 11.6 Å². The third-order valence-corrected chi connectivity index (χ3v) is 24.1. The fourth-order valence-corrected chi connectivity index (χ4v) is 17.1. The van der Waals surface area contributed by atoms with E-state index < -0.39 is 58.2 Å². The molecular weight excluding hydrogens is 1800 g/mol. The molecule has 0 aromatic heterocycles. The average molecular weight is 1910 g/mol. The van der Waals surface area contributed by atoms with E-state index in [0.29, 0.717) is 44.9 Å². The zero-order valence-corrected chi connectivity index (χ0v) is 80.8. The molecule has 6 aliphatic rings. The molecule has 0 bridgehead atoms. The Bertz CT molecular complexity index is 4130. The van der Waals surface area contributed by atoms with Gasteiger partial charge in [-0.25, -0.2) is 26.3 Å². The monoisotopic (exact) mass is 1910 g/mol. The van der Waals surface area contributed by atoms with Gasteiger partial charge in [0.1, 0.15) is 0 Å². The normalized spacial score (nSPS) is 21.9. The molecule has 0 nitrogen and oxygen atoms in total. The van der Waals surface area contributed by atoms with E-state index in [2.05, 4.69) is 70.5 Å². The standard InChI is InChI=1S/C20H16F2.C19H25F2.C19H19F2.C13H15F2.C13H9F2.C13H23.5Y/c1-13-3-7-15(8-4-13)17-11-12-18(20(22)19(17)21)16-9-5-14(2)6-10-16;2*1-13-5-7-14(8-6-13)15-9-11-16(12-10-15)17-3-2-4-18(20)19(17)21;2*1-9-5-7-10(8-6-9)11-3-2-4-12(14)13(11)15;1-11-7-9-13(10-8-11)12-5-3-2-4-6-12;;;;;/h3-12H,1-2H3;2-3,13-16H,5-12H2,1H3;2-3,9-14H,5-8H2,1H3;2-3,9-10H,5-8H2,1H3;2-3,5-8H,1H3;2,11-13H,3-10H2,1H3;;;;;/q;5*-1;;;;;. The molecular formula is C97H107F10Y5-5. The Morgan fingerprint density at radius 3 is 0.812 bits per heavy atom. The van der Waals surface area contributed by atoms with Crippen molar-refractivity contribution in [3.05, 3.63) is 280 Å². The number of aryl methyl sites for hydroxylation is 3. The molecule has 6 aliphatic carbocycles. The van der Waals surface area contributed by atoms with Gasteiger partial charge in [0.2, 0.25) is 0 Å². The number of hydrogen-bond acceptors (Lipinski definition) is 0. The maximum Gasteiger partial charge on any atom is 0.167 e. The van der Waals surface area contributed by atoms with Gasteiger partial charge in [0.05, 0.1) is 11.6 Å². The fourth-order valence-electron chi connectivity index (χ4n) is 17.1.